The fraction of sp³-hybridized carbons (Fsp3) is 0.118. The molecule has 0 spiro atoms. The number of hydrazine groups is 1. The molecule has 9 heteroatoms. The van der Waals surface area contributed by atoms with Gasteiger partial charge in [0.05, 0.1) is 10.5 Å². The Hall–Kier alpha value is -1.80. The van der Waals surface area contributed by atoms with Crippen LogP contribution >= 0.6 is 46.5 Å². The van der Waals surface area contributed by atoms with Gasteiger partial charge in [-0.15, -0.1) is 11.8 Å². The summed E-state index contributed by atoms with van der Waals surface area (Å²) in [6, 6.07) is 12.6. The highest BCUT2D eigenvalue weighted by Crippen LogP contribution is 2.43. The van der Waals surface area contributed by atoms with E-state index < -0.39 is 11.3 Å². The minimum Gasteiger partial charge on any atom is -0.272 e. The molecule has 1 atom stereocenters. The number of nitrogens with one attached hydrogen (secondary N) is 1. The predicted molar refractivity (Wildman–Crippen MR) is 106 cm³/mol. The lowest BCUT2D eigenvalue weighted by Gasteiger charge is -2.25. The summed E-state index contributed by atoms with van der Waals surface area (Å²) in [5.41, 5.74) is 3.57. The van der Waals surface area contributed by atoms with Crippen LogP contribution in [-0.2, 0) is 4.79 Å². The Morgan fingerprint density at radius 3 is 2.65 bits per heavy atom. The summed E-state index contributed by atoms with van der Waals surface area (Å²) in [5.74, 6) is -0.431. The molecule has 1 unspecified atom stereocenters. The summed E-state index contributed by atoms with van der Waals surface area (Å²) >= 11 is 15.2. The Balaban J connectivity index is 1.65. The second-order valence-corrected chi connectivity index (χ2v) is 8.22. The first kappa shape index (κ1) is 17.6. The Kier molecular flexibility index (Phi) is 4.79. The highest BCUT2D eigenvalue weighted by atomic mass is 35.5. The monoisotopic (exact) mass is 423 g/mol. The molecule has 132 valence electrons. The third kappa shape index (κ3) is 3.05. The summed E-state index contributed by atoms with van der Waals surface area (Å²) in [4.78, 5) is 25.1. The third-order valence-corrected chi connectivity index (χ3v) is 6.59. The number of rotatable bonds is 3. The van der Waals surface area contributed by atoms with Crippen molar-refractivity contribution >= 4 is 68.4 Å². The van der Waals surface area contributed by atoms with Crippen LogP contribution in [0, 0.1) is 0 Å². The molecular formula is C17H11Cl2N3O2S2. The Morgan fingerprint density at radius 1 is 1.15 bits per heavy atom. The van der Waals surface area contributed by atoms with Crippen LogP contribution in [0.4, 0.5) is 0 Å². The van der Waals surface area contributed by atoms with Crippen molar-refractivity contribution in [3.8, 4) is 0 Å². The minimum atomic E-state index is -0.488. The number of hydrogen-bond donors (Lipinski definition) is 1. The van der Waals surface area contributed by atoms with E-state index in [1.165, 1.54) is 28.3 Å². The first-order valence-corrected chi connectivity index (χ1v) is 10.2. The van der Waals surface area contributed by atoms with Gasteiger partial charge in [0.15, 0.2) is 5.69 Å². The fourth-order valence-corrected chi connectivity index (χ4v) is 5.40. The number of carbonyl (C=O) groups is 2. The van der Waals surface area contributed by atoms with Crippen LogP contribution in [0.25, 0.3) is 10.1 Å². The largest absolute Gasteiger partial charge is 0.290 e. The predicted octanol–water partition coefficient (Wildman–Crippen LogP) is 4.52. The molecule has 0 radical (unpaired) electrons. The molecule has 26 heavy (non-hydrogen) atoms. The number of fused-ring (bicyclic) bond motifs is 1. The van der Waals surface area contributed by atoms with Crippen molar-refractivity contribution in [2.24, 2.45) is 0 Å². The first-order valence-electron chi connectivity index (χ1n) is 7.59. The summed E-state index contributed by atoms with van der Waals surface area (Å²) < 4.78 is 5.14. The smallest absolute Gasteiger partial charge is 0.272 e. The maximum absolute atomic E-state index is 12.7. The van der Waals surface area contributed by atoms with E-state index in [4.69, 9.17) is 23.2 Å². The van der Waals surface area contributed by atoms with Crippen LogP contribution in [0.15, 0.2) is 42.5 Å². The number of aromatic nitrogens is 1. The van der Waals surface area contributed by atoms with Gasteiger partial charge in [-0.25, -0.2) is 5.01 Å². The van der Waals surface area contributed by atoms with Gasteiger partial charge in [0.25, 0.3) is 11.8 Å². The van der Waals surface area contributed by atoms with Crippen LogP contribution in [0.2, 0.25) is 10.0 Å². The SMILES string of the molecule is O=C(NN1C(=O)CSC1c1c(Cl)cccc1Cl)c1nsc2ccccc12. The van der Waals surface area contributed by atoms with Crippen LogP contribution in [-0.4, -0.2) is 26.9 Å². The zero-order valence-electron chi connectivity index (χ0n) is 13.1. The second kappa shape index (κ2) is 7.08. The molecule has 2 amide bonds. The minimum absolute atomic E-state index is 0.219. The average molecular weight is 424 g/mol. The van der Waals surface area contributed by atoms with Crippen molar-refractivity contribution in [3.63, 3.8) is 0 Å². The molecular weight excluding hydrogens is 413 g/mol. The van der Waals surface area contributed by atoms with Gasteiger partial charge in [0.2, 0.25) is 0 Å². The van der Waals surface area contributed by atoms with Crippen molar-refractivity contribution in [2.75, 3.05) is 5.75 Å². The van der Waals surface area contributed by atoms with Crippen LogP contribution in [0.3, 0.4) is 0 Å². The number of benzene rings is 2. The lowest BCUT2D eigenvalue weighted by atomic mass is 10.2. The van der Waals surface area contributed by atoms with Crippen molar-refractivity contribution < 1.29 is 9.59 Å². The molecule has 1 aromatic heterocycles. The van der Waals surface area contributed by atoms with E-state index >= 15 is 0 Å². The van der Waals surface area contributed by atoms with Gasteiger partial charge in [-0.3, -0.25) is 15.0 Å². The number of nitrogens with zero attached hydrogens (tertiary/aromatic N) is 2. The average Bonchev–Trinajstić information content (AvgIpc) is 3.20. The maximum Gasteiger partial charge on any atom is 0.290 e. The van der Waals surface area contributed by atoms with Gasteiger partial charge >= 0.3 is 0 Å². The second-order valence-electron chi connectivity index (χ2n) is 5.53. The van der Waals surface area contributed by atoms with E-state index in [1.54, 1.807) is 18.2 Å². The summed E-state index contributed by atoms with van der Waals surface area (Å²) in [6.07, 6.45) is 0. The molecule has 3 aromatic rings. The van der Waals surface area contributed by atoms with Gasteiger partial charge in [0.1, 0.15) is 5.37 Å². The molecule has 1 saturated heterocycles. The molecule has 0 bridgehead atoms. The molecule has 5 nitrogen and oxygen atoms in total. The number of halogens is 2. The van der Waals surface area contributed by atoms with Crippen molar-refractivity contribution in [2.45, 2.75) is 5.37 Å². The highest BCUT2D eigenvalue weighted by molar-refractivity contribution is 8.00. The third-order valence-electron chi connectivity index (χ3n) is 3.93. The molecule has 2 heterocycles. The molecule has 2 aromatic carbocycles. The summed E-state index contributed by atoms with van der Waals surface area (Å²) in [5, 5.41) is 2.44. The normalized spacial score (nSPS) is 17.1. The topological polar surface area (TPSA) is 62.3 Å². The molecule has 0 saturated carbocycles. The lowest BCUT2D eigenvalue weighted by molar-refractivity contribution is -0.130. The van der Waals surface area contributed by atoms with Crippen LogP contribution < -0.4 is 5.43 Å². The van der Waals surface area contributed by atoms with E-state index in [2.05, 4.69) is 9.80 Å². The molecule has 1 N–H and O–H groups in total. The first-order chi connectivity index (χ1) is 12.6. The Labute approximate surface area is 167 Å². The Bertz CT molecular complexity index is 1000. The lowest BCUT2D eigenvalue weighted by Crippen LogP contribution is -2.44. The highest BCUT2D eigenvalue weighted by Gasteiger charge is 2.37. The van der Waals surface area contributed by atoms with Gasteiger partial charge < -0.3 is 0 Å². The number of amides is 2. The van der Waals surface area contributed by atoms with Crippen molar-refractivity contribution in [1.82, 2.24) is 14.8 Å². The summed E-state index contributed by atoms with van der Waals surface area (Å²) in [7, 11) is 0. The fourth-order valence-electron chi connectivity index (χ4n) is 2.72. The number of hydrogen-bond acceptors (Lipinski definition) is 5. The molecule has 1 aliphatic heterocycles. The van der Waals surface area contributed by atoms with Gasteiger partial charge in [-0.2, -0.15) is 4.37 Å². The number of thioether (sulfide) groups is 1. The molecule has 4 rings (SSSR count). The standard InChI is InChI=1S/C17H11Cl2N3O2S2/c18-10-5-3-6-11(19)14(10)17-22(13(23)8-25-17)20-16(24)15-9-4-1-2-7-12(9)26-21-15/h1-7,17H,8H2,(H,20,24). The zero-order valence-corrected chi connectivity index (χ0v) is 16.3. The van der Waals surface area contributed by atoms with Crippen molar-refractivity contribution in [3.05, 3.63) is 63.8 Å². The zero-order chi connectivity index (χ0) is 18.3. The van der Waals surface area contributed by atoms with E-state index in [0.29, 0.717) is 21.3 Å². The van der Waals surface area contributed by atoms with Gasteiger partial charge in [0, 0.05) is 21.0 Å². The Morgan fingerprint density at radius 2 is 1.88 bits per heavy atom. The van der Waals surface area contributed by atoms with Gasteiger partial charge in [-0.05, 0) is 29.7 Å². The van der Waals surface area contributed by atoms with Gasteiger partial charge in [-0.1, -0.05) is 47.5 Å². The maximum atomic E-state index is 12.7. The molecule has 1 fully saturated rings. The van der Waals surface area contributed by atoms with E-state index in [9.17, 15) is 9.59 Å². The van der Waals surface area contributed by atoms with E-state index in [-0.39, 0.29) is 11.7 Å². The van der Waals surface area contributed by atoms with Crippen LogP contribution in [0.5, 0.6) is 0 Å². The molecule has 0 aliphatic carbocycles. The van der Waals surface area contributed by atoms with Crippen molar-refractivity contribution in [1.29, 1.82) is 0 Å². The number of carbonyl (C=O) groups excluding carboxylic acids is 2. The molecule has 1 aliphatic rings. The van der Waals surface area contributed by atoms with Crippen LogP contribution in [0.1, 0.15) is 21.4 Å². The quantitative estimate of drug-likeness (QED) is 0.672. The van der Waals surface area contributed by atoms with E-state index in [0.717, 1.165) is 10.1 Å². The van der Waals surface area contributed by atoms with E-state index in [1.807, 2.05) is 24.3 Å². The summed E-state index contributed by atoms with van der Waals surface area (Å²) in [6.45, 7) is 0.